The van der Waals surface area contributed by atoms with E-state index in [4.69, 9.17) is 9.47 Å². The molecular weight excluding hydrogens is 290 g/mol. The van der Waals surface area contributed by atoms with Gasteiger partial charge < -0.3 is 14.3 Å². The van der Waals surface area contributed by atoms with Crippen LogP contribution in [0.4, 0.5) is 0 Å². The zero-order chi connectivity index (χ0) is 16.7. The lowest BCUT2D eigenvalue weighted by molar-refractivity contribution is -0.514. The van der Waals surface area contributed by atoms with Gasteiger partial charge >= 0.3 is 12.0 Å². The van der Waals surface area contributed by atoms with E-state index < -0.39 is 22.9 Å². The number of esters is 1. The van der Waals surface area contributed by atoms with Gasteiger partial charge in [-0.3, -0.25) is 10.1 Å². The molecule has 0 saturated carbocycles. The minimum Gasteiger partial charge on any atom is -0.497 e. The number of carbonyl (C=O) groups excluding carboxylic acids is 2. The van der Waals surface area contributed by atoms with Crippen molar-refractivity contribution in [2.24, 2.45) is 0 Å². The summed E-state index contributed by atoms with van der Waals surface area (Å²) in [5.74, 6) is -1.47. The molecule has 7 heteroatoms. The van der Waals surface area contributed by atoms with Crippen LogP contribution >= 0.6 is 0 Å². The molecule has 0 radical (unpaired) electrons. The van der Waals surface area contributed by atoms with Crippen LogP contribution in [0.1, 0.15) is 31.7 Å². The number of ether oxygens (including phenoxy) is 2. The van der Waals surface area contributed by atoms with Crippen LogP contribution in [0.2, 0.25) is 0 Å². The SMILES string of the molecule is CCOC(=O)C([C@H](CC(C)=O)c1ccc(OC)cc1)[N+](=O)[O-]. The summed E-state index contributed by atoms with van der Waals surface area (Å²) < 4.78 is 9.81. The highest BCUT2D eigenvalue weighted by atomic mass is 16.6. The fourth-order valence-electron chi connectivity index (χ4n) is 2.20. The Labute approximate surface area is 128 Å². The fraction of sp³-hybridized carbons (Fsp3) is 0.467. The van der Waals surface area contributed by atoms with Gasteiger partial charge in [0.2, 0.25) is 0 Å². The van der Waals surface area contributed by atoms with Crippen molar-refractivity contribution in [2.75, 3.05) is 13.7 Å². The van der Waals surface area contributed by atoms with Crippen molar-refractivity contribution in [2.45, 2.75) is 32.2 Å². The average Bonchev–Trinajstić information content (AvgIpc) is 2.46. The maximum absolute atomic E-state index is 11.9. The van der Waals surface area contributed by atoms with Gasteiger partial charge in [0.1, 0.15) is 11.5 Å². The minimum absolute atomic E-state index is 0.0403. The van der Waals surface area contributed by atoms with Gasteiger partial charge in [-0.1, -0.05) is 12.1 Å². The Kier molecular flexibility index (Phi) is 6.49. The Morgan fingerprint density at radius 1 is 1.27 bits per heavy atom. The molecule has 0 aliphatic heterocycles. The molecule has 0 N–H and O–H groups in total. The monoisotopic (exact) mass is 309 g/mol. The molecule has 1 unspecified atom stereocenters. The molecule has 0 fully saturated rings. The lowest BCUT2D eigenvalue weighted by Crippen LogP contribution is -2.38. The van der Waals surface area contributed by atoms with E-state index in [0.29, 0.717) is 11.3 Å². The van der Waals surface area contributed by atoms with Crippen LogP contribution in [-0.2, 0) is 14.3 Å². The third kappa shape index (κ3) is 4.54. The summed E-state index contributed by atoms with van der Waals surface area (Å²) in [6, 6.07) is 4.87. The summed E-state index contributed by atoms with van der Waals surface area (Å²) >= 11 is 0. The maximum atomic E-state index is 11.9. The molecule has 0 aliphatic carbocycles. The number of carbonyl (C=O) groups is 2. The number of nitrogens with zero attached hydrogens (tertiary/aromatic N) is 1. The Morgan fingerprint density at radius 3 is 2.27 bits per heavy atom. The number of benzene rings is 1. The van der Waals surface area contributed by atoms with Crippen molar-refractivity contribution >= 4 is 11.8 Å². The first kappa shape index (κ1) is 17.6. The van der Waals surface area contributed by atoms with Crippen LogP contribution in [0, 0.1) is 10.1 Å². The number of ketones is 1. The second-order valence-electron chi connectivity index (χ2n) is 4.77. The number of rotatable bonds is 8. The fourth-order valence-corrected chi connectivity index (χ4v) is 2.20. The number of nitro groups is 1. The van der Waals surface area contributed by atoms with Gasteiger partial charge in [-0.15, -0.1) is 0 Å². The van der Waals surface area contributed by atoms with E-state index >= 15 is 0 Å². The number of hydrogen-bond acceptors (Lipinski definition) is 6. The minimum atomic E-state index is -1.61. The topological polar surface area (TPSA) is 95.7 Å². The highest BCUT2D eigenvalue weighted by molar-refractivity contribution is 5.80. The number of methoxy groups -OCH3 is 1. The van der Waals surface area contributed by atoms with Gasteiger partial charge in [-0.05, 0) is 31.5 Å². The van der Waals surface area contributed by atoms with Crippen molar-refractivity contribution in [1.82, 2.24) is 0 Å². The van der Waals surface area contributed by atoms with Crippen LogP contribution < -0.4 is 4.74 Å². The standard InChI is InChI=1S/C15H19NO6/c1-4-22-15(18)14(16(19)20)13(9-10(2)17)11-5-7-12(21-3)8-6-11/h5-8,13-14H,4,9H2,1-3H3/t13-,14?/m1/s1. The van der Waals surface area contributed by atoms with Crippen molar-refractivity contribution < 1.29 is 24.0 Å². The molecule has 22 heavy (non-hydrogen) atoms. The van der Waals surface area contributed by atoms with Crippen LogP contribution in [0.15, 0.2) is 24.3 Å². The normalized spacial score (nSPS) is 13.0. The highest BCUT2D eigenvalue weighted by Gasteiger charge is 2.41. The first-order chi connectivity index (χ1) is 10.4. The first-order valence-corrected chi connectivity index (χ1v) is 6.84. The molecule has 0 heterocycles. The molecular formula is C15H19NO6. The number of hydrogen-bond donors (Lipinski definition) is 0. The predicted molar refractivity (Wildman–Crippen MR) is 78.4 cm³/mol. The molecule has 0 spiro atoms. The molecule has 0 aromatic heterocycles. The molecule has 120 valence electrons. The van der Waals surface area contributed by atoms with E-state index in [1.807, 2.05) is 0 Å². The van der Waals surface area contributed by atoms with Crippen molar-refractivity contribution in [3.63, 3.8) is 0 Å². The molecule has 0 bridgehead atoms. The Bertz CT molecular complexity index is 539. The molecule has 1 aromatic rings. The molecule has 1 aromatic carbocycles. The van der Waals surface area contributed by atoms with Crippen LogP contribution in [0.25, 0.3) is 0 Å². The van der Waals surface area contributed by atoms with Crippen molar-refractivity contribution in [3.05, 3.63) is 39.9 Å². The van der Waals surface area contributed by atoms with Gasteiger partial charge in [0.25, 0.3) is 0 Å². The summed E-state index contributed by atoms with van der Waals surface area (Å²) in [5, 5.41) is 11.3. The quantitative estimate of drug-likeness (QED) is 0.414. The molecule has 0 saturated heterocycles. The van der Waals surface area contributed by atoms with E-state index in [1.54, 1.807) is 31.2 Å². The van der Waals surface area contributed by atoms with Crippen LogP contribution in [-0.4, -0.2) is 36.4 Å². The second kappa shape index (κ2) is 8.11. The number of Topliss-reactive ketones (excluding diaryl/α,β-unsaturated/α-hetero) is 1. The Morgan fingerprint density at radius 2 is 1.86 bits per heavy atom. The summed E-state index contributed by atoms with van der Waals surface area (Å²) in [4.78, 5) is 34.0. The van der Waals surface area contributed by atoms with Gasteiger partial charge in [-0.25, -0.2) is 4.79 Å². The summed E-state index contributed by atoms with van der Waals surface area (Å²) in [6.07, 6.45) is -0.114. The zero-order valence-electron chi connectivity index (χ0n) is 12.8. The van der Waals surface area contributed by atoms with Crippen molar-refractivity contribution in [1.29, 1.82) is 0 Å². The van der Waals surface area contributed by atoms with Crippen molar-refractivity contribution in [3.8, 4) is 5.75 Å². The second-order valence-corrected chi connectivity index (χ2v) is 4.77. The van der Waals surface area contributed by atoms with E-state index in [0.717, 1.165) is 0 Å². The average molecular weight is 309 g/mol. The molecule has 7 nitrogen and oxygen atoms in total. The van der Waals surface area contributed by atoms with Crippen LogP contribution in [0.5, 0.6) is 5.75 Å². The van der Waals surface area contributed by atoms with Gasteiger partial charge in [-0.2, -0.15) is 0 Å². The van der Waals surface area contributed by atoms with Crippen LogP contribution in [0.3, 0.4) is 0 Å². The van der Waals surface area contributed by atoms with Gasteiger partial charge in [0.05, 0.1) is 19.6 Å². The van der Waals surface area contributed by atoms with E-state index in [2.05, 4.69) is 0 Å². The van der Waals surface area contributed by atoms with Gasteiger partial charge in [0.15, 0.2) is 0 Å². The maximum Gasteiger partial charge on any atom is 0.382 e. The smallest absolute Gasteiger partial charge is 0.382 e. The van der Waals surface area contributed by atoms with E-state index in [9.17, 15) is 19.7 Å². The Balaban J connectivity index is 3.19. The lowest BCUT2D eigenvalue weighted by atomic mass is 9.87. The van der Waals surface area contributed by atoms with E-state index in [1.165, 1.54) is 14.0 Å². The zero-order valence-corrected chi connectivity index (χ0v) is 12.8. The molecule has 1 rings (SSSR count). The van der Waals surface area contributed by atoms with Gasteiger partial charge in [0, 0.05) is 11.3 Å². The Hall–Kier alpha value is -2.44. The highest BCUT2D eigenvalue weighted by Crippen LogP contribution is 2.28. The molecule has 0 amide bonds. The summed E-state index contributed by atoms with van der Waals surface area (Å²) in [5.41, 5.74) is 0.519. The third-order valence-electron chi connectivity index (χ3n) is 3.19. The summed E-state index contributed by atoms with van der Waals surface area (Å²) in [7, 11) is 1.50. The predicted octanol–water partition coefficient (Wildman–Crippen LogP) is 1.97. The first-order valence-electron chi connectivity index (χ1n) is 6.84. The molecule has 2 atom stereocenters. The van der Waals surface area contributed by atoms with E-state index in [-0.39, 0.29) is 18.8 Å². The third-order valence-corrected chi connectivity index (χ3v) is 3.19. The lowest BCUT2D eigenvalue weighted by Gasteiger charge is -2.19. The summed E-state index contributed by atoms with van der Waals surface area (Å²) in [6.45, 7) is 2.94. The largest absolute Gasteiger partial charge is 0.497 e. The molecule has 0 aliphatic rings.